The molecule has 0 bridgehead atoms. The topological polar surface area (TPSA) is 122 Å². The van der Waals surface area contributed by atoms with Crippen LogP contribution in [0.3, 0.4) is 0 Å². The van der Waals surface area contributed by atoms with Crippen molar-refractivity contribution < 1.29 is 26.7 Å². The molecule has 1 aromatic carbocycles. The molecule has 4 aromatic rings. The molecule has 0 saturated carbocycles. The third kappa shape index (κ3) is 4.76. The van der Waals surface area contributed by atoms with Crippen LogP contribution in [0.4, 0.5) is 4.39 Å². The fourth-order valence-electron chi connectivity index (χ4n) is 3.55. The standard InChI is InChI=1S/C22H22FN5O5S/c1-14(21-24-10-15(23)11-25-21)12-34(29,30)13-19-26-27-22(18-8-5-9-33-18)28(19)20-16(31-2)6-4-7-17(20)32-3/h4-11,14H,12-13H2,1-3H3/t14-/m1/s1. The van der Waals surface area contributed by atoms with Crippen LogP contribution in [0.5, 0.6) is 11.5 Å². The van der Waals surface area contributed by atoms with Crippen molar-refractivity contribution in [1.29, 1.82) is 0 Å². The highest BCUT2D eigenvalue weighted by Gasteiger charge is 2.28. The molecule has 0 unspecified atom stereocenters. The first-order chi connectivity index (χ1) is 16.3. The van der Waals surface area contributed by atoms with Gasteiger partial charge in [-0.15, -0.1) is 10.2 Å². The van der Waals surface area contributed by atoms with Crippen molar-refractivity contribution in [1.82, 2.24) is 24.7 Å². The number of rotatable bonds is 9. The first-order valence-corrected chi connectivity index (χ1v) is 12.0. The van der Waals surface area contributed by atoms with Gasteiger partial charge in [0.1, 0.15) is 28.8 Å². The van der Waals surface area contributed by atoms with E-state index < -0.39 is 27.3 Å². The van der Waals surface area contributed by atoms with Gasteiger partial charge >= 0.3 is 0 Å². The molecule has 0 aliphatic carbocycles. The lowest BCUT2D eigenvalue weighted by atomic mass is 10.2. The summed E-state index contributed by atoms with van der Waals surface area (Å²) in [5.74, 6) is 0.0337. The van der Waals surface area contributed by atoms with Gasteiger partial charge in [-0.25, -0.2) is 22.8 Å². The van der Waals surface area contributed by atoms with Gasteiger partial charge in [0, 0.05) is 5.92 Å². The molecular weight excluding hydrogens is 465 g/mol. The Morgan fingerprint density at radius 2 is 1.74 bits per heavy atom. The van der Waals surface area contributed by atoms with Crippen LogP contribution in [0.2, 0.25) is 0 Å². The van der Waals surface area contributed by atoms with E-state index in [0.717, 1.165) is 12.4 Å². The predicted molar refractivity (Wildman–Crippen MR) is 120 cm³/mol. The molecule has 0 amide bonds. The smallest absolute Gasteiger partial charge is 0.204 e. The van der Waals surface area contributed by atoms with Gasteiger partial charge in [0.25, 0.3) is 0 Å². The van der Waals surface area contributed by atoms with Crippen LogP contribution in [-0.4, -0.2) is 53.1 Å². The highest BCUT2D eigenvalue weighted by Crippen LogP contribution is 2.36. The van der Waals surface area contributed by atoms with Crippen molar-refractivity contribution in [3.63, 3.8) is 0 Å². The SMILES string of the molecule is COc1cccc(OC)c1-n1c(CS(=O)(=O)C[C@@H](C)c2ncc(F)cn2)nnc1-c1ccco1. The van der Waals surface area contributed by atoms with Crippen molar-refractivity contribution in [2.24, 2.45) is 0 Å². The molecule has 0 aliphatic rings. The number of halogens is 1. The van der Waals surface area contributed by atoms with E-state index in [1.54, 1.807) is 41.8 Å². The summed E-state index contributed by atoms with van der Waals surface area (Å²) in [7, 11) is -0.735. The Balaban J connectivity index is 1.76. The summed E-state index contributed by atoms with van der Waals surface area (Å²) in [5, 5.41) is 8.35. The Morgan fingerprint density at radius 3 is 2.32 bits per heavy atom. The molecule has 0 radical (unpaired) electrons. The highest BCUT2D eigenvalue weighted by molar-refractivity contribution is 7.90. The van der Waals surface area contributed by atoms with Crippen LogP contribution in [0.1, 0.15) is 24.5 Å². The van der Waals surface area contributed by atoms with Crippen molar-refractivity contribution in [3.05, 3.63) is 66.5 Å². The Morgan fingerprint density at radius 1 is 1.06 bits per heavy atom. The third-order valence-corrected chi connectivity index (χ3v) is 6.74. The summed E-state index contributed by atoms with van der Waals surface area (Å²) in [4.78, 5) is 7.78. The summed E-state index contributed by atoms with van der Waals surface area (Å²) in [6.45, 7) is 1.66. The van der Waals surface area contributed by atoms with Gasteiger partial charge in [-0.05, 0) is 24.3 Å². The highest BCUT2D eigenvalue weighted by atomic mass is 32.2. The Hall–Kier alpha value is -3.80. The number of methoxy groups -OCH3 is 2. The molecule has 3 aromatic heterocycles. The molecule has 0 aliphatic heterocycles. The van der Waals surface area contributed by atoms with E-state index >= 15 is 0 Å². The van der Waals surface area contributed by atoms with E-state index in [1.165, 1.54) is 20.5 Å². The molecule has 1 atom stereocenters. The lowest BCUT2D eigenvalue weighted by Gasteiger charge is -2.17. The number of nitrogens with zero attached hydrogens (tertiary/aromatic N) is 5. The van der Waals surface area contributed by atoms with E-state index in [-0.39, 0.29) is 23.2 Å². The van der Waals surface area contributed by atoms with Gasteiger partial charge in [-0.1, -0.05) is 13.0 Å². The van der Waals surface area contributed by atoms with Crippen LogP contribution < -0.4 is 9.47 Å². The molecule has 0 fully saturated rings. The van der Waals surface area contributed by atoms with E-state index in [4.69, 9.17) is 13.9 Å². The summed E-state index contributed by atoms with van der Waals surface area (Å²) >= 11 is 0. The third-order valence-electron chi connectivity index (χ3n) is 5.03. The second-order valence-corrected chi connectivity index (χ2v) is 9.59. The van der Waals surface area contributed by atoms with Crippen LogP contribution in [0.15, 0.2) is 53.4 Å². The van der Waals surface area contributed by atoms with Crippen molar-refractivity contribution in [2.45, 2.75) is 18.6 Å². The van der Waals surface area contributed by atoms with E-state index in [1.807, 2.05) is 0 Å². The average Bonchev–Trinajstić information content (AvgIpc) is 3.48. The molecule has 0 saturated heterocycles. The molecule has 12 heteroatoms. The molecule has 3 heterocycles. The van der Waals surface area contributed by atoms with Crippen LogP contribution in [-0.2, 0) is 15.6 Å². The monoisotopic (exact) mass is 487 g/mol. The number of hydrogen-bond acceptors (Lipinski definition) is 9. The van der Waals surface area contributed by atoms with Crippen LogP contribution >= 0.6 is 0 Å². The second-order valence-electron chi connectivity index (χ2n) is 7.48. The van der Waals surface area contributed by atoms with Crippen LogP contribution in [0.25, 0.3) is 17.3 Å². The number of aromatic nitrogens is 5. The molecule has 178 valence electrons. The number of sulfone groups is 1. The quantitative estimate of drug-likeness (QED) is 0.350. The minimum Gasteiger partial charge on any atom is -0.494 e. The van der Waals surface area contributed by atoms with Crippen LogP contribution in [0, 0.1) is 5.82 Å². The zero-order valence-electron chi connectivity index (χ0n) is 18.7. The zero-order chi connectivity index (χ0) is 24.3. The van der Waals surface area contributed by atoms with E-state index in [0.29, 0.717) is 22.9 Å². The van der Waals surface area contributed by atoms with Gasteiger partial charge in [-0.2, -0.15) is 0 Å². The normalized spacial score (nSPS) is 12.5. The summed E-state index contributed by atoms with van der Waals surface area (Å²) in [6.07, 6.45) is 3.49. The molecule has 0 N–H and O–H groups in total. The molecule has 10 nitrogen and oxygen atoms in total. The second kappa shape index (κ2) is 9.59. The number of benzene rings is 1. The number of para-hydroxylation sites is 1. The lowest BCUT2D eigenvalue weighted by molar-refractivity contribution is 0.390. The van der Waals surface area contributed by atoms with Crippen molar-refractivity contribution in [3.8, 4) is 28.8 Å². The lowest BCUT2D eigenvalue weighted by Crippen LogP contribution is -2.19. The fraction of sp³-hybridized carbons (Fsp3) is 0.273. The summed E-state index contributed by atoms with van der Waals surface area (Å²) in [5.41, 5.74) is 0.434. The number of furan rings is 1. The van der Waals surface area contributed by atoms with Crippen molar-refractivity contribution >= 4 is 9.84 Å². The maximum atomic E-state index is 13.1. The fourth-order valence-corrected chi connectivity index (χ4v) is 5.16. The van der Waals surface area contributed by atoms with Gasteiger partial charge < -0.3 is 13.9 Å². The largest absolute Gasteiger partial charge is 0.494 e. The Bertz CT molecular complexity index is 1350. The first-order valence-electron chi connectivity index (χ1n) is 10.2. The minimum atomic E-state index is -3.73. The Labute approximate surface area is 195 Å². The molecule has 0 spiro atoms. The van der Waals surface area contributed by atoms with E-state index in [9.17, 15) is 12.8 Å². The van der Waals surface area contributed by atoms with Gasteiger partial charge in [-0.3, -0.25) is 4.57 Å². The van der Waals surface area contributed by atoms with Gasteiger partial charge in [0.05, 0.1) is 38.6 Å². The zero-order valence-corrected chi connectivity index (χ0v) is 19.5. The van der Waals surface area contributed by atoms with Crippen molar-refractivity contribution in [2.75, 3.05) is 20.0 Å². The Kier molecular flexibility index (Phi) is 6.59. The predicted octanol–water partition coefficient (Wildman–Crippen LogP) is 3.19. The molecule has 4 rings (SSSR count). The summed E-state index contributed by atoms with van der Waals surface area (Å²) < 4.78 is 57.5. The minimum absolute atomic E-state index is 0.140. The van der Waals surface area contributed by atoms with Gasteiger partial charge in [0.2, 0.25) is 5.82 Å². The molecular formula is C22H22FN5O5S. The maximum absolute atomic E-state index is 13.1. The number of ether oxygens (including phenoxy) is 2. The summed E-state index contributed by atoms with van der Waals surface area (Å²) in [6, 6.07) is 8.56. The molecule has 34 heavy (non-hydrogen) atoms. The van der Waals surface area contributed by atoms with E-state index in [2.05, 4.69) is 20.2 Å². The number of hydrogen-bond donors (Lipinski definition) is 0. The first kappa shape index (κ1) is 23.4. The average molecular weight is 488 g/mol. The van der Waals surface area contributed by atoms with Gasteiger partial charge in [0.15, 0.2) is 27.2 Å². The maximum Gasteiger partial charge on any atom is 0.204 e.